The van der Waals surface area contributed by atoms with E-state index in [0.717, 1.165) is 22.8 Å². The van der Waals surface area contributed by atoms with E-state index in [1.165, 1.54) is 23.1 Å². The molecule has 0 aliphatic rings. The van der Waals surface area contributed by atoms with Gasteiger partial charge in [-0.15, -0.1) is 21.5 Å². The van der Waals surface area contributed by atoms with Crippen LogP contribution in [0.25, 0.3) is 27.3 Å². The topological polar surface area (TPSA) is 85.7 Å². The lowest BCUT2D eigenvalue weighted by Gasteiger charge is -2.11. The number of aromatic amines is 1. The van der Waals surface area contributed by atoms with Crippen LogP contribution in [0.2, 0.25) is 0 Å². The summed E-state index contributed by atoms with van der Waals surface area (Å²) in [4.78, 5) is 19.7. The molecule has 3 heterocycles. The van der Waals surface area contributed by atoms with E-state index in [1.54, 1.807) is 0 Å². The highest BCUT2D eigenvalue weighted by Crippen LogP contribution is 2.30. The van der Waals surface area contributed by atoms with E-state index in [2.05, 4.69) is 20.2 Å². The summed E-state index contributed by atoms with van der Waals surface area (Å²) in [6.45, 7) is 2.57. The molecule has 0 saturated carbocycles. The molecule has 5 aromatic rings. The van der Waals surface area contributed by atoms with Crippen LogP contribution < -0.4 is 10.3 Å². The number of aromatic nitrogens is 5. The molecular weight excluding hydrogens is 442 g/mol. The molecule has 32 heavy (non-hydrogen) atoms. The van der Waals surface area contributed by atoms with Gasteiger partial charge in [-0.25, -0.2) is 4.98 Å². The maximum absolute atomic E-state index is 12.3. The summed E-state index contributed by atoms with van der Waals surface area (Å²) < 4.78 is 8.23. The van der Waals surface area contributed by atoms with Gasteiger partial charge in [0.1, 0.15) is 16.3 Å². The summed E-state index contributed by atoms with van der Waals surface area (Å²) in [5, 5.41) is 11.5. The number of hydrogen-bond donors (Lipinski definition) is 1. The van der Waals surface area contributed by atoms with Crippen molar-refractivity contribution >= 4 is 33.3 Å². The van der Waals surface area contributed by atoms with Gasteiger partial charge >= 0.3 is 0 Å². The minimum absolute atomic E-state index is 0.112. The number of fused-ring (bicyclic) bond motifs is 1. The van der Waals surface area contributed by atoms with Crippen molar-refractivity contribution in [1.82, 2.24) is 24.7 Å². The summed E-state index contributed by atoms with van der Waals surface area (Å²) in [6.07, 6.45) is 0. The van der Waals surface area contributed by atoms with Gasteiger partial charge in [-0.3, -0.25) is 9.36 Å². The Balaban J connectivity index is 1.51. The zero-order valence-electron chi connectivity index (χ0n) is 17.2. The zero-order chi connectivity index (χ0) is 21.9. The fourth-order valence-electron chi connectivity index (χ4n) is 3.35. The maximum Gasteiger partial charge on any atom is 0.268 e. The molecule has 9 heteroatoms. The van der Waals surface area contributed by atoms with Gasteiger partial charge in [0.15, 0.2) is 11.0 Å². The summed E-state index contributed by atoms with van der Waals surface area (Å²) in [6, 6.07) is 19.6. The molecule has 2 aromatic carbocycles. The van der Waals surface area contributed by atoms with E-state index in [-0.39, 0.29) is 5.56 Å². The molecule has 0 aliphatic heterocycles. The molecule has 0 aliphatic carbocycles. The van der Waals surface area contributed by atoms with Crippen LogP contribution in [0.3, 0.4) is 0 Å². The molecule has 1 N–H and O–H groups in total. The minimum Gasteiger partial charge on any atom is -0.494 e. The van der Waals surface area contributed by atoms with Crippen LogP contribution in [0.1, 0.15) is 12.7 Å². The van der Waals surface area contributed by atoms with Gasteiger partial charge in [0.2, 0.25) is 0 Å². The van der Waals surface area contributed by atoms with E-state index in [9.17, 15) is 4.79 Å². The average Bonchev–Trinajstić information content (AvgIpc) is 3.46. The molecule has 0 fully saturated rings. The van der Waals surface area contributed by atoms with E-state index < -0.39 is 0 Å². The van der Waals surface area contributed by atoms with Crippen molar-refractivity contribution in [1.29, 1.82) is 0 Å². The Labute approximate surface area is 192 Å². The van der Waals surface area contributed by atoms with Gasteiger partial charge in [-0.1, -0.05) is 42.1 Å². The highest BCUT2D eigenvalue weighted by molar-refractivity contribution is 7.98. The second kappa shape index (κ2) is 8.97. The van der Waals surface area contributed by atoms with Gasteiger partial charge in [-0.2, -0.15) is 0 Å². The molecule has 0 amide bonds. The van der Waals surface area contributed by atoms with Crippen LogP contribution in [0.5, 0.6) is 5.75 Å². The predicted molar refractivity (Wildman–Crippen MR) is 128 cm³/mol. The van der Waals surface area contributed by atoms with Gasteiger partial charge < -0.3 is 9.72 Å². The largest absolute Gasteiger partial charge is 0.494 e. The van der Waals surface area contributed by atoms with Gasteiger partial charge in [0, 0.05) is 11.3 Å². The highest BCUT2D eigenvalue weighted by Gasteiger charge is 2.17. The second-order valence-corrected chi connectivity index (χ2v) is 8.73. The van der Waals surface area contributed by atoms with E-state index in [4.69, 9.17) is 4.74 Å². The van der Waals surface area contributed by atoms with Crippen molar-refractivity contribution in [3.8, 4) is 22.8 Å². The summed E-state index contributed by atoms with van der Waals surface area (Å²) in [5.74, 6) is 2.62. The van der Waals surface area contributed by atoms with Crippen LogP contribution in [-0.4, -0.2) is 31.3 Å². The number of thiophene rings is 1. The van der Waals surface area contributed by atoms with Gasteiger partial charge in [0.25, 0.3) is 5.56 Å². The molecule has 0 saturated heterocycles. The number of ether oxygens (including phenoxy) is 1. The number of rotatable bonds is 7. The Hall–Kier alpha value is -3.43. The normalized spacial score (nSPS) is 11.2. The first-order valence-corrected chi connectivity index (χ1v) is 11.9. The number of nitrogens with zero attached hydrogens (tertiary/aromatic N) is 4. The Morgan fingerprint density at radius 1 is 1.06 bits per heavy atom. The zero-order valence-corrected chi connectivity index (χ0v) is 18.8. The minimum atomic E-state index is -0.112. The lowest BCUT2D eigenvalue weighted by atomic mass is 10.2. The maximum atomic E-state index is 12.3. The molecule has 3 aromatic heterocycles. The smallest absolute Gasteiger partial charge is 0.268 e. The van der Waals surface area contributed by atoms with Crippen LogP contribution >= 0.6 is 23.1 Å². The summed E-state index contributed by atoms with van der Waals surface area (Å²) >= 11 is 2.87. The fraction of sp³-hybridized carbons (Fsp3) is 0.130. The number of nitrogens with one attached hydrogen (secondary N) is 1. The Bertz CT molecular complexity index is 1410. The van der Waals surface area contributed by atoms with Gasteiger partial charge in [0.05, 0.1) is 17.9 Å². The lowest BCUT2D eigenvalue weighted by molar-refractivity contribution is 0.340. The van der Waals surface area contributed by atoms with Crippen molar-refractivity contribution in [2.75, 3.05) is 6.61 Å². The van der Waals surface area contributed by atoms with Crippen molar-refractivity contribution in [3.05, 3.63) is 82.2 Å². The van der Waals surface area contributed by atoms with Crippen LogP contribution in [0, 0.1) is 0 Å². The molecular formula is C23H19N5O2S2. The molecule has 0 atom stereocenters. The first-order chi connectivity index (χ1) is 15.7. The van der Waals surface area contributed by atoms with Crippen molar-refractivity contribution in [2.24, 2.45) is 0 Å². The lowest BCUT2D eigenvalue weighted by Crippen LogP contribution is -2.09. The second-order valence-electron chi connectivity index (χ2n) is 6.87. The fourth-order valence-corrected chi connectivity index (χ4v) is 4.90. The van der Waals surface area contributed by atoms with Gasteiger partial charge in [-0.05, 0) is 42.6 Å². The molecule has 0 unspecified atom stereocenters. The third-order valence-electron chi connectivity index (χ3n) is 4.77. The first-order valence-electron chi connectivity index (χ1n) is 10.1. The van der Waals surface area contributed by atoms with E-state index >= 15 is 0 Å². The molecule has 5 rings (SSSR count). The Morgan fingerprint density at radius 3 is 2.66 bits per heavy atom. The quantitative estimate of drug-likeness (QED) is 0.346. The van der Waals surface area contributed by atoms with Crippen molar-refractivity contribution in [3.63, 3.8) is 0 Å². The van der Waals surface area contributed by atoms with Crippen LogP contribution in [-0.2, 0) is 5.75 Å². The molecule has 0 spiro atoms. The predicted octanol–water partition coefficient (Wildman–Crippen LogP) is 4.92. The van der Waals surface area contributed by atoms with Crippen molar-refractivity contribution in [2.45, 2.75) is 17.8 Å². The third-order valence-corrected chi connectivity index (χ3v) is 6.62. The number of thioether (sulfide) groups is 1. The summed E-state index contributed by atoms with van der Waals surface area (Å²) in [7, 11) is 0. The molecule has 7 nitrogen and oxygen atoms in total. The van der Waals surface area contributed by atoms with Crippen LogP contribution in [0.15, 0.2) is 76.0 Å². The SMILES string of the molecule is CCOc1ccc(-n2c(SCc3nc4ccsc4c(=O)[nH]3)nnc2-c2ccccc2)cc1. The average molecular weight is 462 g/mol. The van der Waals surface area contributed by atoms with Crippen LogP contribution in [0.4, 0.5) is 0 Å². The number of benzene rings is 2. The molecule has 160 valence electrons. The highest BCUT2D eigenvalue weighted by atomic mass is 32.2. The monoisotopic (exact) mass is 461 g/mol. The first kappa shape index (κ1) is 20.5. The number of H-pyrrole nitrogens is 1. The van der Waals surface area contributed by atoms with Crippen molar-refractivity contribution < 1.29 is 4.74 Å². The van der Waals surface area contributed by atoms with E-state index in [0.29, 0.717) is 33.6 Å². The molecule has 0 bridgehead atoms. The van der Waals surface area contributed by atoms with E-state index in [1.807, 2.05) is 77.5 Å². The standard InChI is InChI=1S/C23H19N5O2S2/c1-2-30-17-10-8-16(9-11-17)28-21(15-6-4-3-5-7-15)26-27-23(28)32-14-19-24-18-12-13-31-20(18)22(29)25-19/h3-13H,2,14H2,1H3,(H,24,25,29). The molecule has 0 radical (unpaired) electrons. The number of hydrogen-bond acceptors (Lipinski definition) is 7. The summed E-state index contributed by atoms with van der Waals surface area (Å²) in [5.41, 5.74) is 2.49. The third kappa shape index (κ3) is 4.04. The Morgan fingerprint density at radius 2 is 1.88 bits per heavy atom. The Kier molecular flexibility index (Phi) is 5.74.